The van der Waals surface area contributed by atoms with Crippen LogP contribution in [0.25, 0.3) is 10.8 Å². The number of carbonyl (C=O) groups is 1. The van der Waals surface area contributed by atoms with Gasteiger partial charge in [0.25, 0.3) is 5.56 Å². The van der Waals surface area contributed by atoms with E-state index in [1.54, 1.807) is 12.3 Å². The summed E-state index contributed by atoms with van der Waals surface area (Å²) in [6.45, 7) is 4.04. The molecule has 2 aromatic rings. The van der Waals surface area contributed by atoms with Crippen LogP contribution in [0.15, 0.2) is 35.3 Å². The van der Waals surface area contributed by atoms with Crippen molar-refractivity contribution in [2.75, 3.05) is 6.54 Å². The van der Waals surface area contributed by atoms with Crippen LogP contribution < -0.4 is 10.9 Å². The molecule has 1 heterocycles. The number of hydrogen-bond acceptors (Lipinski definition) is 4. The van der Waals surface area contributed by atoms with Crippen LogP contribution in [0.3, 0.4) is 0 Å². The van der Waals surface area contributed by atoms with Crippen LogP contribution in [0.4, 0.5) is 0 Å². The molecule has 2 rings (SSSR count). The first kappa shape index (κ1) is 15.8. The van der Waals surface area contributed by atoms with Crippen molar-refractivity contribution in [2.24, 2.45) is 0 Å². The Labute approximate surface area is 116 Å². The van der Waals surface area contributed by atoms with Crippen LogP contribution in [0.2, 0.25) is 0 Å². The van der Waals surface area contributed by atoms with Gasteiger partial charge in [0.05, 0.1) is 12.7 Å². The van der Waals surface area contributed by atoms with E-state index < -0.39 is 5.97 Å². The quantitative estimate of drug-likeness (QED) is 0.784. The molecule has 6 nitrogen and oxygen atoms in total. The number of fused-ring (bicyclic) bond motifs is 1. The van der Waals surface area contributed by atoms with Crippen molar-refractivity contribution in [1.29, 1.82) is 0 Å². The zero-order valence-electron chi connectivity index (χ0n) is 11.6. The summed E-state index contributed by atoms with van der Waals surface area (Å²) in [5.74, 6) is -0.796. The van der Waals surface area contributed by atoms with Crippen molar-refractivity contribution in [3.8, 4) is 0 Å². The van der Waals surface area contributed by atoms with Gasteiger partial charge in [0.2, 0.25) is 0 Å². The van der Waals surface area contributed by atoms with Crippen LogP contribution >= 0.6 is 0 Å². The number of aromatic amines is 1. The van der Waals surface area contributed by atoms with Crippen molar-refractivity contribution < 1.29 is 9.90 Å². The van der Waals surface area contributed by atoms with E-state index in [2.05, 4.69) is 15.5 Å². The number of H-pyrrole nitrogens is 1. The molecule has 1 atom stereocenters. The summed E-state index contributed by atoms with van der Waals surface area (Å²) < 4.78 is 0. The van der Waals surface area contributed by atoms with Gasteiger partial charge in [-0.1, -0.05) is 25.1 Å². The van der Waals surface area contributed by atoms with Crippen LogP contribution in [-0.2, 0) is 4.79 Å². The minimum Gasteiger partial charge on any atom is -0.480 e. The van der Waals surface area contributed by atoms with E-state index in [0.717, 1.165) is 11.8 Å². The van der Waals surface area contributed by atoms with Crippen LogP contribution in [0.1, 0.15) is 20.3 Å². The van der Waals surface area contributed by atoms with Gasteiger partial charge in [-0.2, -0.15) is 5.10 Å². The van der Waals surface area contributed by atoms with Crippen LogP contribution in [-0.4, -0.2) is 33.9 Å². The lowest BCUT2D eigenvalue weighted by molar-refractivity contribution is -0.136. The second kappa shape index (κ2) is 8.06. The Morgan fingerprint density at radius 3 is 2.75 bits per heavy atom. The summed E-state index contributed by atoms with van der Waals surface area (Å²) in [6.07, 6.45) is 2.60. The standard InChI is InChI=1S/C8H6N2O.C6H13NO2/c11-8-7-4-2-1-3-6(7)5-9-10-8;1-3-5(2)7-4-6(8)9/h1-5H,(H,10,11);5,7H,3-4H2,1-2H3,(H,8,9). The molecule has 6 heteroatoms. The first-order chi connectivity index (χ1) is 9.54. The van der Waals surface area contributed by atoms with Crippen molar-refractivity contribution in [3.63, 3.8) is 0 Å². The van der Waals surface area contributed by atoms with Crippen molar-refractivity contribution >= 4 is 16.7 Å². The SMILES string of the molecule is CCC(C)NCC(=O)O.O=c1[nH]ncc2ccccc12. The predicted molar refractivity (Wildman–Crippen MR) is 77.8 cm³/mol. The largest absolute Gasteiger partial charge is 0.480 e. The fourth-order valence-corrected chi connectivity index (χ4v) is 1.44. The molecule has 0 spiro atoms. The highest BCUT2D eigenvalue weighted by Crippen LogP contribution is 2.04. The Bertz CT molecular complexity index is 604. The molecule has 0 aliphatic heterocycles. The van der Waals surface area contributed by atoms with Gasteiger partial charge in [-0.05, 0) is 19.4 Å². The average Bonchev–Trinajstić information content (AvgIpc) is 2.46. The number of rotatable bonds is 4. The van der Waals surface area contributed by atoms with Gasteiger partial charge < -0.3 is 10.4 Å². The van der Waals surface area contributed by atoms with Gasteiger partial charge in [0.15, 0.2) is 0 Å². The Kier molecular flexibility index (Phi) is 6.39. The zero-order chi connectivity index (χ0) is 15.0. The van der Waals surface area contributed by atoms with Gasteiger partial charge in [0.1, 0.15) is 0 Å². The number of aromatic nitrogens is 2. The maximum atomic E-state index is 11.1. The lowest BCUT2D eigenvalue weighted by Gasteiger charge is -2.07. The molecule has 0 amide bonds. The lowest BCUT2D eigenvalue weighted by Crippen LogP contribution is -2.30. The summed E-state index contributed by atoms with van der Waals surface area (Å²) >= 11 is 0. The maximum Gasteiger partial charge on any atom is 0.317 e. The number of carboxylic acids is 1. The smallest absolute Gasteiger partial charge is 0.317 e. The summed E-state index contributed by atoms with van der Waals surface area (Å²) in [4.78, 5) is 21.0. The minimum atomic E-state index is -0.796. The fourth-order valence-electron chi connectivity index (χ4n) is 1.44. The van der Waals surface area contributed by atoms with Crippen molar-refractivity contribution in [3.05, 3.63) is 40.8 Å². The zero-order valence-corrected chi connectivity index (χ0v) is 11.6. The number of aliphatic carboxylic acids is 1. The topological polar surface area (TPSA) is 95.1 Å². The first-order valence-corrected chi connectivity index (χ1v) is 6.42. The van der Waals surface area contributed by atoms with E-state index in [4.69, 9.17) is 5.11 Å². The third kappa shape index (κ3) is 5.19. The second-order valence-corrected chi connectivity index (χ2v) is 4.37. The number of nitrogens with one attached hydrogen (secondary N) is 2. The number of nitrogens with zero attached hydrogens (tertiary/aromatic N) is 1. The molecule has 0 bridgehead atoms. The summed E-state index contributed by atoms with van der Waals surface area (Å²) in [5, 5.41) is 18.6. The molecule has 1 unspecified atom stereocenters. The molecule has 1 aromatic heterocycles. The van der Waals surface area contributed by atoms with Crippen molar-refractivity contribution in [2.45, 2.75) is 26.3 Å². The third-order valence-electron chi connectivity index (χ3n) is 2.79. The monoisotopic (exact) mass is 277 g/mol. The molecule has 3 N–H and O–H groups in total. The van der Waals surface area contributed by atoms with E-state index in [1.165, 1.54) is 0 Å². The first-order valence-electron chi connectivity index (χ1n) is 6.42. The summed E-state index contributed by atoms with van der Waals surface area (Å²) in [6, 6.07) is 7.65. The van der Waals surface area contributed by atoms with E-state index in [9.17, 15) is 9.59 Å². The molecule has 1 aromatic carbocycles. The summed E-state index contributed by atoms with van der Waals surface area (Å²) in [7, 11) is 0. The third-order valence-corrected chi connectivity index (χ3v) is 2.79. The Balaban J connectivity index is 0.000000206. The highest BCUT2D eigenvalue weighted by molar-refractivity contribution is 5.80. The molecule has 0 saturated heterocycles. The lowest BCUT2D eigenvalue weighted by atomic mass is 10.2. The van der Waals surface area contributed by atoms with E-state index >= 15 is 0 Å². The van der Waals surface area contributed by atoms with Gasteiger partial charge in [-0.25, -0.2) is 5.10 Å². The Morgan fingerprint density at radius 1 is 1.45 bits per heavy atom. The highest BCUT2D eigenvalue weighted by Gasteiger charge is 1.99. The van der Waals surface area contributed by atoms with E-state index in [1.807, 2.05) is 32.0 Å². The Morgan fingerprint density at radius 2 is 2.15 bits per heavy atom. The number of benzene rings is 1. The second-order valence-electron chi connectivity index (χ2n) is 4.37. The molecular formula is C14H19N3O3. The molecular weight excluding hydrogens is 258 g/mol. The van der Waals surface area contributed by atoms with Crippen LogP contribution in [0.5, 0.6) is 0 Å². The van der Waals surface area contributed by atoms with E-state index in [-0.39, 0.29) is 12.1 Å². The molecule has 0 aliphatic rings. The maximum absolute atomic E-state index is 11.1. The molecule has 0 aliphatic carbocycles. The number of carboxylic acid groups (broad SMARTS) is 1. The molecule has 108 valence electrons. The normalized spacial score (nSPS) is 11.5. The minimum absolute atomic E-state index is 0.0645. The predicted octanol–water partition coefficient (Wildman–Crippen LogP) is 1.38. The van der Waals surface area contributed by atoms with Gasteiger partial charge >= 0.3 is 5.97 Å². The van der Waals surface area contributed by atoms with Gasteiger partial charge in [0, 0.05) is 16.8 Å². The molecule has 0 saturated carbocycles. The highest BCUT2D eigenvalue weighted by atomic mass is 16.4. The molecule has 0 fully saturated rings. The van der Waals surface area contributed by atoms with E-state index in [0.29, 0.717) is 11.4 Å². The fraction of sp³-hybridized carbons (Fsp3) is 0.357. The Hall–Kier alpha value is -2.21. The number of hydrogen-bond donors (Lipinski definition) is 3. The molecule has 0 radical (unpaired) electrons. The van der Waals surface area contributed by atoms with Gasteiger partial charge in [-0.3, -0.25) is 9.59 Å². The molecule has 20 heavy (non-hydrogen) atoms. The van der Waals surface area contributed by atoms with Crippen LogP contribution in [0, 0.1) is 0 Å². The summed E-state index contributed by atoms with van der Waals surface area (Å²) in [5.41, 5.74) is -0.136. The average molecular weight is 277 g/mol. The van der Waals surface area contributed by atoms with Gasteiger partial charge in [-0.15, -0.1) is 0 Å². The van der Waals surface area contributed by atoms with Crippen molar-refractivity contribution in [1.82, 2.24) is 15.5 Å².